The summed E-state index contributed by atoms with van der Waals surface area (Å²) in [6, 6.07) is 0. The summed E-state index contributed by atoms with van der Waals surface area (Å²) in [5.74, 6) is 4.21. The molecular formula is C11H14O2. The van der Waals surface area contributed by atoms with Crippen LogP contribution in [-0.4, -0.2) is 17.0 Å². The molecule has 4 aliphatic carbocycles. The quantitative estimate of drug-likeness (QED) is 0.599. The van der Waals surface area contributed by atoms with E-state index in [4.69, 9.17) is 4.74 Å². The fourth-order valence-electron chi connectivity index (χ4n) is 5.92. The summed E-state index contributed by atoms with van der Waals surface area (Å²) >= 11 is 0. The molecule has 0 aromatic rings. The summed E-state index contributed by atoms with van der Waals surface area (Å²) in [7, 11) is 0. The van der Waals surface area contributed by atoms with Crippen molar-refractivity contribution in [1.29, 1.82) is 0 Å². The average molecular weight is 178 g/mol. The highest BCUT2D eigenvalue weighted by atomic mass is 16.6. The molecule has 1 aliphatic heterocycles. The minimum absolute atomic E-state index is 0.447. The Bertz CT molecular complexity index is 315. The van der Waals surface area contributed by atoms with Gasteiger partial charge >= 0.3 is 0 Å². The van der Waals surface area contributed by atoms with Gasteiger partial charge in [0, 0.05) is 12.3 Å². The lowest BCUT2D eigenvalue weighted by atomic mass is 9.79. The maximum Gasteiger partial charge on any atom is 0.169 e. The van der Waals surface area contributed by atoms with Gasteiger partial charge in [0.05, 0.1) is 6.10 Å². The first-order valence-corrected chi connectivity index (χ1v) is 5.68. The van der Waals surface area contributed by atoms with Crippen LogP contribution in [0, 0.1) is 35.5 Å². The van der Waals surface area contributed by atoms with Crippen LogP contribution < -0.4 is 0 Å². The van der Waals surface area contributed by atoms with Crippen molar-refractivity contribution in [2.24, 2.45) is 35.5 Å². The van der Waals surface area contributed by atoms with Crippen molar-refractivity contribution in [3.8, 4) is 0 Å². The zero-order chi connectivity index (χ0) is 8.37. The molecule has 0 radical (unpaired) electrons. The summed E-state index contributed by atoms with van der Waals surface area (Å²) in [6.45, 7) is 0. The molecule has 2 bridgehead atoms. The molecule has 0 spiro atoms. The summed E-state index contributed by atoms with van der Waals surface area (Å²) in [5.41, 5.74) is 0. The highest BCUT2D eigenvalue weighted by Gasteiger charge is 2.78. The number of aliphatic hydroxyl groups is 1. The topological polar surface area (TPSA) is 29.5 Å². The SMILES string of the molecule is O[C@@]12C[C@@H]3[C@@H]4C[C@@H](O1)[C@H]1[C@H]4C[C@@H]3[C@@H]12. The Labute approximate surface area is 77.3 Å². The number of hydrogen-bond acceptors (Lipinski definition) is 2. The molecule has 0 aromatic heterocycles. The Morgan fingerprint density at radius 1 is 1.08 bits per heavy atom. The molecule has 70 valence electrons. The Morgan fingerprint density at radius 3 is 2.92 bits per heavy atom. The second-order valence-electron chi connectivity index (χ2n) is 5.94. The molecule has 0 unspecified atom stereocenters. The Kier molecular flexibility index (Phi) is 0.733. The number of rotatable bonds is 0. The molecule has 2 heteroatoms. The lowest BCUT2D eigenvalue weighted by Gasteiger charge is -2.25. The number of hydrogen-bond donors (Lipinski definition) is 1. The van der Waals surface area contributed by atoms with E-state index in [1.807, 2.05) is 0 Å². The van der Waals surface area contributed by atoms with Gasteiger partial charge < -0.3 is 9.84 Å². The Balaban J connectivity index is 1.86. The van der Waals surface area contributed by atoms with E-state index in [1.54, 1.807) is 0 Å². The molecule has 0 amide bonds. The molecule has 1 N–H and O–H groups in total. The van der Waals surface area contributed by atoms with Crippen LogP contribution in [0.3, 0.4) is 0 Å². The van der Waals surface area contributed by atoms with Gasteiger partial charge in [-0.25, -0.2) is 0 Å². The van der Waals surface area contributed by atoms with E-state index < -0.39 is 5.79 Å². The van der Waals surface area contributed by atoms with Crippen molar-refractivity contribution in [2.45, 2.75) is 31.2 Å². The van der Waals surface area contributed by atoms with E-state index in [-0.39, 0.29) is 0 Å². The summed E-state index contributed by atoms with van der Waals surface area (Å²) in [5, 5.41) is 10.4. The van der Waals surface area contributed by atoms with Crippen molar-refractivity contribution < 1.29 is 9.84 Å². The van der Waals surface area contributed by atoms with Crippen LogP contribution in [-0.2, 0) is 4.74 Å². The van der Waals surface area contributed by atoms with Crippen LogP contribution in [0.15, 0.2) is 0 Å². The molecule has 13 heavy (non-hydrogen) atoms. The van der Waals surface area contributed by atoms with Crippen LogP contribution >= 0.6 is 0 Å². The monoisotopic (exact) mass is 178 g/mol. The zero-order valence-electron chi connectivity index (χ0n) is 7.52. The first-order valence-electron chi connectivity index (χ1n) is 5.68. The lowest BCUT2D eigenvalue weighted by molar-refractivity contribution is -0.201. The van der Waals surface area contributed by atoms with E-state index in [1.165, 1.54) is 12.8 Å². The molecule has 8 atom stereocenters. The van der Waals surface area contributed by atoms with Gasteiger partial charge in [0.25, 0.3) is 0 Å². The van der Waals surface area contributed by atoms with Gasteiger partial charge in [0.1, 0.15) is 0 Å². The third-order valence-electron chi connectivity index (χ3n) is 5.90. The minimum Gasteiger partial charge on any atom is -0.365 e. The van der Waals surface area contributed by atoms with Crippen LogP contribution in [0.1, 0.15) is 19.3 Å². The fraction of sp³-hybridized carbons (Fsp3) is 1.00. The predicted molar refractivity (Wildman–Crippen MR) is 44.6 cm³/mol. The molecule has 1 heterocycles. The van der Waals surface area contributed by atoms with Gasteiger partial charge in [-0.15, -0.1) is 0 Å². The van der Waals surface area contributed by atoms with Gasteiger partial charge in [-0.2, -0.15) is 0 Å². The van der Waals surface area contributed by atoms with Gasteiger partial charge in [0.2, 0.25) is 0 Å². The van der Waals surface area contributed by atoms with Crippen LogP contribution in [0.5, 0.6) is 0 Å². The molecule has 5 rings (SSSR count). The van der Waals surface area contributed by atoms with Crippen LogP contribution in [0.2, 0.25) is 0 Å². The highest BCUT2D eigenvalue weighted by molar-refractivity contribution is 5.23. The summed E-state index contributed by atoms with van der Waals surface area (Å²) in [4.78, 5) is 0. The Morgan fingerprint density at radius 2 is 2.00 bits per heavy atom. The van der Waals surface area contributed by atoms with E-state index >= 15 is 0 Å². The van der Waals surface area contributed by atoms with Gasteiger partial charge in [-0.05, 0) is 42.4 Å². The summed E-state index contributed by atoms with van der Waals surface area (Å²) < 4.78 is 5.87. The normalized spacial score (nSPS) is 80.5. The van der Waals surface area contributed by atoms with Crippen LogP contribution in [0.4, 0.5) is 0 Å². The van der Waals surface area contributed by atoms with Crippen molar-refractivity contribution in [3.63, 3.8) is 0 Å². The second-order valence-corrected chi connectivity index (χ2v) is 5.94. The van der Waals surface area contributed by atoms with Gasteiger partial charge in [-0.1, -0.05) is 0 Å². The molecule has 1 saturated heterocycles. The van der Waals surface area contributed by atoms with Crippen molar-refractivity contribution >= 4 is 0 Å². The summed E-state index contributed by atoms with van der Waals surface area (Å²) in [6.07, 6.45) is 4.11. The highest BCUT2D eigenvalue weighted by Crippen LogP contribution is 2.77. The molecule has 5 aliphatic rings. The van der Waals surface area contributed by atoms with Gasteiger partial charge in [-0.3, -0.25) is 0 Å². The number of ether oxygens (including phenoxy) is 1. The van der Waals surface area contributed by atoms with E-state index in [0.29, 0.717) is 12.0 Å². The molecule has 4 saturated carbocycles. The molecular weight excluding hydrogens is 164 g/mol. The lowest BCUT2D eigenvalue weighted by Crippen LogP contribution is -2.32. The maximum absolute atomic E-state index is 10.4. The fourth-order valence-corrected chi connectivity index (χ4v) is 5.92. The Hall–Kier alpha value is -0.0800. The van der Waals surface area contributed by atoms with Crippen molar-refractivity contribution in [2.75, 3.05) is 0 Å². The second kappa shape index (κ2) is 1.49. The third-order valence-corrected chi connectivity index (χ3v) is 5.90. The van der Waals surface area contributed by atoms with E-state index in [9.17, 15) is 5.11 Å². The first-order chi connectivity index (χ1) is 6.28. The standard InChI is InChI=1S/C11H14O2/c12-11-3-7-4-2-8(13-11)9-5(4)1-6(7)10(9)11/h4-10,12H,1-3H2/t4-,5+,6+,7-,8-,9-,10+,11+/m1/s1. The molecule has 0 aromatic carbocycles. The predicted octanol–water partition coefficient (Wildman–Crippen LogP) is 0.996. The minimum atomic E-state index is -0.662. The maximum atomic E-state index is 10.4. The molecule has 5 fully saturated rings. The first kappa shape index (κ1) is 6.41. The van der Waals surface area contributed by atoms with Crippen molar-refractivity contribution in [1.82, 2.24) is 0 Å². The van der Waals surface area contributed by atoms with Crippen LogP contribution in [0.25, 0.3) is 0 Å². The van der Waals surface area contributed by atoms with E-state index in [2.05, 4.69) is 0 Å². The zero-order valence-corrected chi connectivity index (χ0v) is 7.52. The van der Waals surface area contributed by atoms with Crippen molar-refractivity contribution in [3.05, 3.63) is 0 Å². The molecule has 2 nitrogen and oxygen atoms in total. The third kappa shape index (κ3) is 0.435. The average Bonchev–Trinajstić information content (AvgIpc) is 2.66. The number of fused-ring (bicyclic) bond motifs is 1. The smallest absolute Gasteiger partial charge is 0.169 e. The van der Waals surface area contributed by atoms with Gasteiger partial charge in [0.15, 0.2) is 5.79 Å². The largest absolute Gasteiger partial charge is 0.365 e. The van der Waals surface area contributed by atoms with E-state index in [0.717, 1.165) is 36.0 Å².